The highest BCUT2D eigenvalue weighted by atomic mass is 16.5. The van der Waals surface area contributed by atoms with Gasteiger partial charge in [0.25, 0.3) is 5.56 Å². The van der Waals surface area contributed by atoms with Gasteiger partial charge in [-0.05, 0) is 19.4 Å². The van der Waals surface area contributed by atoms with Gasteiger partial charge >= 0.3 is 5.97 Å². The van der Waals surface area contributed by atoms with Gasteiger partial charge in [-0.15, -0.1) is 0 Å². The molecule has 1 atom stereocenters. The minimum absolute atomic E-state index is 0.0152. The Bertz CT molecular complexity index is 924. The molecule has 2 N–H and O–H groups in total. The maximum Gasteiger partial charge on any atom is 0.344 e. The molecular formula is C18H19N3O4. The summed E-state index contributed by atoms with van der Waals surface area (Å²) in [7, 11) is 0. The number of hydrogen-bond acceptors (Lipinski definition) is 5. The first-order chi connectivity index (χ1) is 12.0. The lowest BCUT2D eigenvalue weighted by Gasteiger charge is -2.18. The van der Waals surface area contributed by atoms with Crippen molar-refractivity contribution in [1.82, 2.24) is 4.57 Å². The van der Waals surface area contributed by atoms with Crippen LogP contribution in [0.15, 0.2) is 29.1 Å². The molecule has 1 amide bonds. The Balaban J connectivity index is 3.02. The molecule has 0 aliphatic heterocycles. The summed E-state index contributed by atoms with van der Waals surface area (Å²) in [5.74, 6) is -3.21. The summed E-state index contributed by atoms with van der Waals surface area (Å²) >= 11 is 0. The molecule has 2 aromatic rings. The number of amides is 1. The Hall–Kier alpha value is -3.14. The van der Waals surface area contributed by atoms with E-state index in [1.54, 1.807) is 37.3 Å². The fourth-order valence-electron chi connectivity index (χ4n) is 2.85. The van der Waals surface area contributed by atoms with Gasteiger partial charge in [0, 0.05) is 17.5 Å². The number of nitriles is 1. The average molecular weight is 341 g/mol. The normalized spacial score (nSPS) is 11.7. The molecule has 0 saturated heterocycles. The number of benzene rings is 1. The van der Waals surface area contributed by atoms with Gasteiger partial charge in [0.05, 0.1) is 18.2 Å². The summed E-state index contributed by atoms with van der Waals surface area (Å²) in [4.78, 5) is 37.2. The summed E-state index contributed by atoms with van der Waals surface area (Å²) in [6.07, 6.45) is 0.670. The van der Waals surface area contributed by atoms with Crippen LogP contribution in [-0.2, 0) is 16.1 Å². The maximum atomic E-state index is 13.0. The Kier molecular flexibility index (Phi) is 5.55. The van der Waals surface area contributed by atoms with E-state index in [0.29, 0.717) is 23.9 Å². The van der Waals surface area contributed by atoms with E-state index >= 15 is 0 Å². The van der Waals surface area contributed by atoms with Crippen molar-refractivity contribution < 1.29 is 14.3 Å². The highest BCUT2D eigenvalue weighted by molar-refractivity contribution is 6.02. The molecule has 0 aliphatic rings. The molecule has 1 unspecified atom stereocenters. The number of esters is 1. The van der Waals surface area contributed by atoms with Gasteiger partial charge in [0.2, 0.25) is 5.91 Å². The number of hydrogen-bond donors (Lipinski definition) is 1. The van der Waals surface area contributed by atoms with Crippen molar-refractivity contribution in [1.29, 1.82) is 5.26 Å². The number of nitrogens with zero attached hydrogens (tertiary/aromatic N) is 2. The molecule has 0 fully saturated rings. The van der Waals surface area contributed by atoms with E-state index in [4.69, 9.17) is 10.5 Å². The number of ether oxygens (including phenoxy) is 1. The smallest absolute Gasteiger partial charge is 0.344 e. The average Bonchev–Trinajstić information content (AvgIpc) is 2.58. The Labute approximate surface area is 144 Å². The molecule has 0 saturated carbocycles. The minimum atomic E-state index is -1.42. The Morgan fingerprint density at radius 1 is 1.32 bits per heavy atom. The third-order valence-electron chi connectivity index (χ3n) is 3.84. The molecule has 130 valence electrons. The first-order valence-electron chi connectivity index (χ1n) is 7.99. The number of para-hydroxylation sites is 1. The lowest BCUT2D eigenvalue weighted by Crippen LogP contribution is -2.33. The predicted molar refractivity (Wildman–Crippen MR) is 92.0 cm³/mol. The maximum absolute atomic E-state index is 13.0. The summed E-state index contributed by atoms with van der Waals surface area (Å²) < 4.78 is 6.45. The highest BCUT2D eigenvalue weighted by Gasteiger charge is 2.31. The quantitative estimate of drug-likeness (QED) is 0.803. The molecule has 0 aliphatic carbocycles. The first-order valence-corrected chi connectivity index (χ1v) is 7.99. The summed E-state index contributed by atoms with van der Waals surface area (Å²) in [6.45, 7) is 3.96. The van der Waals surface area contributed by atoms with Crippen LogP contribution in [0, 0.1) is 11.3 Å². The van der Waals surface area contributed by atoms with Crippen LogP contribution in [-0.4, -0.2) is 23.1 Å². The largest absolute Gasteiger partial charge is 0.462 e. The third kappa shape index (κ3) is 3.24. The topological polar surface area (TPSA) is 115 Å². The zero-order valence-electron chi connectivity index (χ0n) is 14.1. The number of primary amides is 1. The van der Waals surface area contributed by atoms with E-state index in [2.05, 4.69) is 0 Å². The molecule has 1 aromatic carbocycles. The van der Waals surface area contributed by atoms with Crippen LogP contribution >= 0.6 is 0 Å². The monoisotopic (exact) mass is 341 g/mol. The number of aryl methyl sites for hydroxylation is 1. The Morgan fingerprint density at radius 3 is 2.56 bits per heavy atom. The zero-order chi connectivity index (χ0) is 18.6. The fraction of sp³-hybridized carbons (Fsp3) is 0.333. The van der Waals surface area contributed by atoms with E-state index in [0.717, 1.165) is 0 Å². The van der Waals surface area contributed by atoms with E-state index < -0.39 is 23.4 Å². The summed E-state index contributed by atoms with van der Waals surface area (Å²) in [5, 5.41) is 9.86. The summed E-state index contributed by atoms with van der Waals surface area (Å²) in [5.41, 5.74) is 5.00. The van der Waals surface area contributed by atoms with E-state index in [1.807, 2.05) is 6.92 Å². The summed E-state index contributed by atoms with van der Waals surface area (Å²) in [6, 6.07) is 8.61. The SMILES string of the molecule is CCCn1c(=O)c(C(=O)OCC)c(C(C#N)C(N)=O)c2ccccc21. The minimum Gasteiger partial charge on any atom is -0.462 e. The number of rotatable bonds is 6. The number of nitrogens with two attached hydrogens (primary N) is 1. The van der Waals surface area contributed by atoms with Crippen LogP contribution in [0.1, 0.15) is 42.1 Å². The van der Waals surface area contributed by atoms with Gasteiger partial charge in [0.1, 0.15) is 5.56 Å². The van der Waals surface area contributed by atoms with E-state index in [9.17, 15) is 19.6 Å². The fourth-order valence-corrected chi connectivity index (χ4v) is 2.85. The van der Waals surface area contributed by atoms with Crippen molar-refractivity contribution in [3.63, 3.8) is 0 Å². The van der Waals surface area contributed by atoms with Crippen molar-refractivity contribution in [3.8, 4) is 6.07 Å². The number of carbonyl (C=O) groups is 2. The van der Waals surface area contributed by atoms with Crippen LogP contribution in [0.5, 0.6) is 0 Å². The van der Waals surface area contributed by atoms with Crippen LogP contribution in [0.2, 0.25) is 0 Å². The van der Waals surface area contributed by atoms with Crippen LogP contribution in [0.4, 0.5) is 0 Å². The van der Waals surface area contributed by atoms with Crippen molar-refractivity contribution in [3.05, 3.63) is 45.7 Å². The molecule has 0 radical (unpaired) electrons. The number of fused-ring (bicyclic) bond motifs is 1. The molecule has 1 aromatic heterocycles. The van der Waals surface area contributed by atoms with Crippen molar-refractivity contribution in [2.75, 3.05) is 6.61 Å². The van der Waals surface area contributed by atoms with Gasteiger partial charge in [-0.2, -0.15) is 5.26 Å². The number of aromatic nitrogens is 1. The second kappa shape index (κ2) is 7.62. The van der Waals surface area contributed by atoms with Crippen molar-refractivity contribution in [2.45, 2.75) is 32.7 Å². The van der Waals surface area contributed by atoms with Crippen LogP contribution < -0.4 is 11.3 Å². The zero-order valence-corrected chi connectivity index (χ0v) is 14.1. The molecule has 7 heteroatoms. The number of carbonyl (C=O) groups excluding carboxylic acids is 2. The lowest BCUT2D eigenvalue weighted by atomic mass is 9.91. The highest BCUT2D eigenvalue weighted by Crippen LogP contribution is 2.28. The molecule has 0 bridgehead atoms. The van der Waals surface area contributed by atoms with Gasteiger partial charge in [0.15, 0.2) is 5.92 Å². The van der Waals surface area contributed by atoms with Gasteiger partial charge in [-0.1, -0.05) is 25.1 Å². The predicted octanol–water partition coefficient (Wildman–Crippen LogP) is 1.68. The molecule has 0 spiro atoms. The molecular weight excluding hydrogens is 322 g/mol. The third-order valence-corrected chi connectivity index (χ3v) is 3.84. The van der Waals surface area contributed by atoms with E-state index in [1.165, 1.54) is 4.57 Å². The number of pyridine rings is 1. The molecule has 2 rings (SSSR count). The Morgan fingerprint density at radius 2 is 2.00 bits per heavy atom. The first kappa shape index (κ1) is 18.2. The molecule has 1 heterocycles. The van der Waals surface area contributed by atoms with Crippen molar-refractivity contribution >= 4 is 22.8 Å². The second-order valence-electron chi connectivity index (χ2n) is 5.45. The molecule has 25 heavy (non-hydrogen) atoms. The standard InChI is InChI=1S/C18H19N3O4/c1-3-9-21-13-8-6-5-7-11(13)14(12(10-19)16(20)22)15(17(21)23)18(24)25-4-2/h5-8,12H,3-4,9H2,1-2H3,(H2,20,22). The van der Waals surface area contributed by atoms with Gasteiger partial charge in [-0.3, -0.25) is 9.59 Å². The van der Waals surface area contributed by atoms with Crippen molar-refractivity contribution in [2.24, 2.45) is 5.73 Å². The molecule has 7 nitrogen and oxygen atoms in total. The van der Waals surface area contributed by atoms with Gasteiger partial charge in [-0.25, -0.2) is 4.79 Å². The lowest BCUT2D eigenvalue weighted by molar-refractivity contribution is -0.118. The van der Waals surface area contributed by atoms with E-state index in [-0.39, 0.29) is 17.7 Å². The van der Waals surface area contributed by atoms with Crippen LogP contribution in [0.3, 0.4) is 0 Å². The second-order valence-corrected chi connectivity index (χ2v) is 5.45. The van der Waals surface area contributed by atoms with Crippen LogP contribution in [0.25, 0.3) is 10.9 Å². The van der Waals surface area contributed by atoms with Gasteiger partial charge < -0.3 is 15.0 Å².